The van der Waals surface area contributed by atoms with E-state index in [2.05, 4.69) is 30.5 Å². The van der Waals surface area contributed by atoms with E-state index in [9.17, 15) is 0 Å². The highest BCUT2D eigenvalue weighted by Gasteiger charge is 2.10. The van der Waals surface area contributed by atoms with Crippen LogP contribution in [0.15, 0.2) is 14.8 Å². The van der Waals surface area contributed by atoms with E-state index in [-0.39, 0.29) is 5.28 Å². The minimum Gasteiger partial charge on any atom is -0.416 e. The lowest BCUT2D eigenvalue weighted by molar-refractivity contribution is 0.429. The van der Waals surface area contributed by atoms with Crippen LogP contribution in [0.2, 0.25) is 5.28 Å². The fourth-order valence-electron chi connectivity index (χ4n) is 0.887. The maximum absolute atomic E-state index is 5.72. The standard InChI is InChI=1S/C7H7ClN6OS/c1-3-13-14-7(15-3)16-6-11-4(8)10-5(9-2)12-6/h1-2H3,(H,9,10,11,12). The number of halogens is 1. The van der Waals surface area contributed by atoms with Crippen molar-refractivity contribution in [2.24, 2.45) is 0 Å². The van der Waals surface area contributed by atoms with Crippen LogP contribution in [0.4, 0.5) is 5.95 Å². The summed E-state index contributed by atoms with van der Waals surface area (Å²) in [7, 11) is 1.69. The van der Waals surface area contributed by atoms with E-state index in [1.807, 2.05) is 0 Å². The van der Waals surface area contributed by atoms with Crippen molar-refractivity contribution in [1.29, 1.82) is 0 Å². The van der Waals surface area contributed by atoms with E-state index in [1.165, 1.54) is 0 Å². The van der Waals surface area contributed by atoms with Crippen molar-refractivity contribution in [3.05, 3.63) is 11.2 Å². The molecule has 7 nitrogen and oxygen atoms in total. The van der Waals surface area contributed by atoms with Crippen molar-refractivity contribution < 1.29 is 4.42 Å². The summed E-state index contributed by atoms with van der Waals surface area (Å²) in [4.78, 5) is 11.9. The van der Waals surface area contributed by atoms with Gasteiger partial charge in [-0.3, -0.25) is 0 Å². The van der Waals surface area contributed by atoms with E-state index in [1.54, 1.807) is 14.0 Å². The third-order valence-electron chi connectivity index (χ3n) is 1.50. The lowest BCUT2D eigenvalue weighted by Gasteiger charge is -2.00. The Hall–Kier alpha value is -1.41. The zero-order valence-corrected chi connectivity index (χ0v) is 10.0. The zero-order valence-electron chi connectivity index (χ0n) is 8.43. The summed E-state index contributed by atoms with van der Waals surface area (Å²) < 4.78 is 5.18. The van der Waals surface area contributed by atoms with Gasteiger partial charge in [0.15, 0.2) is 0 Å². The highest BCUT2D eigenvalue weighted by Crippen LogP contribution is 2.24. The Bertz CT molecular complexity index is 503. The molecule has 1 N–H and O–H groups in total. The number of rotatable bonds is 3. The van der Waals surface area contributed by atoms with Gasteiger partial charge in [0.2, 0.25) is 22.3 Å². The summed E-state index contributed by atoms with van der Waals surface area (Å²) in [6.07, 6.45) is 0. The van der Waals surface area contributed by atoms with Crippen molar-refractivity contribution in [1.82, 2.24) is 25.1 Å². The van der Waals surface area contributed by atoms with Crippen LogP contribution < -0.4 is 5.32 Å². The van der Waals surface area contributed by atoms with Gasteiger partial charge in [0.1, 0.15) is 0 Å². The number of aromatic nitrogens is 5. The average Bonchev–Trinajstić information content (AvgIpc) is 2.63. The first-order valence-electron chi connectivity index (χ1n) is 4.24. The molecule has 0 aromatic carbocycles. The molecule has 0 aliphatic heterocycles. The Labute approximate surface area is 100 Å². The van der Waals surface area contributed by atoms with Crippen molar-refractivity contribution in [2.45, 2.75) is 17.3 Å². The number of nitrogens with one attached hydrogen (secondary N) is 1. The average molecular weight is 259 g/mol. The molecule has 0 bridgehead atoms. The van der Waals surface area contributed by atoms with Crippen molar-refractivity contribution in [2.75, 3.05) is 12.4 Å². The zero-order chi connectivity index (χ0) is 11.5. The molecule has 16 heavy (non-hydrogen) atoms. The smallest absolute Gasteiger partial charge is 0.284 e. The van der Waals surface area contributed by atoms with Gasteiger partial charge >= 0.3 is 0 Å². The second kappa shape index (κ2) is 4.62. The Kier molecular flexibility index (Phi) is 3.20. The molecule has 0 radical (unpaired) electrons. The number of anilines is 1. The van der Waals surface area contributed by atoms with Crippen LogP contribution >= 0.6 is 23.4 Å². The van der Waals surface area contributed by atoms with Gasteiger partial charge in [-0.25, -0.2) is 0 Å². The maximum atomic E-state index is 5.72. The Balaban J connectivity index is 2.24. The van der Waals surface area contributed by atoms with Crippen LogP contribution in [0.5, 0.6) is 0 Å². The molecular weight excluding hydrogens is 252 g/mol. The van der Waals surface area contributed by atoms with Crippen LogP contribution in [0.1, 0.15) is 5.89 Å². The number of hydrogen-bond donors (Lipinski definition) is 1. The minimum absolute atomic E-state index is 0.109. The molecule has 0 spiro atoms. The van der Waals surface area contributed by atoms with Crippen LogP contribution in [-0.4, -0.2) is 32.2 Å². The molecule has 0 saturated carbocycles. The number of nitrogens with zero attached hydrogens (tertiary/aromatic N) is 5. The van der Waals surface area contributed by atoms with Gasteiger partial charge < -0.3 is 9.73 Å². The molecular formula is C7H7ClN6OS. The molecule has 0 amide bonds. The predicted octanol–water partition coefficient (Wildman–Crippen LogP) is 1.41. The molecule has 0 aliphatic rings. The Morgan fingerprint density at radius 3 is 2.69 bits per heavy atom. The normalized spacial score (nSPS) is 10.4. The third-order valence-corrected chi connectivity index (χ3v) is 2.37. The molecule has 0 saturated heterocycles. The van der Waals surface area contributed by atoms with E-state index in [0.717, 1.165) is 11.8 Å². The van der Waals surface area contributed by atoms with Crippen molar-refractivity contribution in [3.8, 4) is 0 Å². The molecule has 2 aromatic heterocycles. The molecule has 84 valence electrons. The molecule has 2 heterocycles. The monoisotopic (exact) mass is 258 g/mol. The highest BCUT2D eigenvalue weighted by atomic mass is 35.5. The Morgan fingerprint density at radius 2 is 2.06 bits per heavy atom. The lowest BCUT2D eigenvalue weighted by atomic mass is 10.8. The lowest BCUT2D eigenvalue weighted by Crippen LogP contribution is -1.99. The fraction of sp³-hybridized carbons (Fsp3) is 0.286. The van der Waals surface area contributed by atoms with Gasteiger partial charge in [0, 0.05) is 25.7 Å². The van der Waals surface area contributed by atoms with Crippen molar-refractivity contribution in [3.63, 3.8) is 0 Å². The molecule has 0 fully saturated rings. The van der Waals surface area contributed by atoms with Gasteiger partial charge in [0.25, 0.3) is 5.22 Å². The number of aryl methyl sites for hydroxylation is 1. The van der Waals surface area contributed by atoms with Crippen LogP contribution in [0, 0.1) is 6.92 Å². The molecule has 0 atom stereocenters. The predicted molar refractivity (Wildman–Crippen MR) is 57.5 cm³/mol. The van der Waals surface area contributed by atoms with Gasteiger partial charge in [-0.1, -0.05) is 0 Å². The van der Waals surface area contributed by atoms with E-state index >= 15 is 0 Å². The summed E-state index contributed by atoms with van der Waals surface area (Å²) >= 11 is 6.84. The third kappa shape index (κ3) is 2.58. The quantitative estimate of drug-likeness (QED) is 0.884. The molecule has 0 unspecified atom stereocenters. The van der Waals surface area contributed by atoms with Crippen LogP contribution in [0.25, 0.3) is 0 Å². The number of hydrogen-bond acceptors (Lipinski definition) is 8. The van der Waals surface area contributed by atoms with Crippen LogP contribution in [0.3, 0.4) is 0 Å². The van der Waals surface area contributed by atoms with Crippen LogP contribution in [-0.2, 0) is 0 Å². The second-order valence-electron chi connectivity index (χ2n) is 2.65. The molecule has 9 heteroatoms. The SMILES string of the molecule is CNc1nc(Cl)nc(Sc2nnc(C)o2)n1. The fourth-order valence-corrected chi connectivity index (χ4v) is 1.76. The molecule has 0 aliphatic carbocycles. The van der Waals surface area contributed by atoms with Gasteiger partial charge in [-0.05, 0) is 11.6 Å². The first kappa shape index (κ1) is 11.1. The summed E-state index contributed by atoms with van der Waals surface area (Å²) in [6.45, 7) is 1.70. The first-order chi connectivity index (χ1) is 7.67. The Morgan fingerprint density at radius 1 is 1.25 bits per heavy atom. The van der Waals surface area contributed by atoms with E-state index in [0.29, 0.717) is 22.2 Å². The van der Waals surface area contributed by atoms with E-state index < -0.39 is 0 Å². The highest BCUT2D eigenvalue weighted by molar-refractivity contribution is 7.98. The van der Waals surface area contributed by atoms with Gasteiger partial charge in [-0.15, -0.1) is 10.2 Å². The topological polar surface area (TPSA) is 89.6 Å². The second-order valence-corrected chi connectivity index (χ2v) is 3.91. The summed E-state index contributed by atoms with van der Waals surface area (Å²) in [5.41, 5.74) is 0. The van der Waals surface area contributed by atoms with Gasteiger partial charge in [0.05, 0.1) is 0 Å². The largest absolute Gasteiger partial charge is 0.416 e. The van der Waals surface area contributed by atoms with Gasteiger partial charge in [-0.2, -0.15) is 15.0 Å². The molecule has 2 rings (SSSR count). The molecule has 2 aromatic rings. The summed E-state index contributed by atoms with van der Waals surface area (Å²) in [5, 5.41) is 11.1. The van der Waals surface area contributed by atoms with Crippen molar-refractivity contribution >= 4 is 29.3 Å². The maximum Gasteiger partial charge on any atom is 0.284 e. The minimum atomic E-state index is 0.109. The van der Waals surface area contributed by atoms with E-state index in [4.69, 9.17) is 16.0 Å². The summed E-state index contributed by atoms with van der Waals surface area (Å²) in [5.74, 6) is 0.871. The first-order valence-corrected chi connectivity index (χ1v) is 5.44. The summed E-state index contributed by atoms with van der Waals surface area (Å²) in [6, 6.07) is 0.